The molecule has 2 saturated heterocycles. The van der Waals surface area contributed by atoms with Crippen LogP contribution in [0.4, 0.5) is 0 Å². The van der Waals surface area contributed by atoms with Gasteiger partial charge in [0.1, 0.15) is 11.5 Å². The van der Waals surface area contributed by atoms with Crippen molar-refractivity contribution in [3.8, 4) is 0 Å². The van der Waals surface area contributed by atoms with E-state index in [4.69, 9.17) is 0 Å². The van der Waals surface area contributed by atoms with Crippen molar-refractivity contribution in [3.63, 3.8) is 0 Å². The Labute approximate surface area is 138 Å². The Bertz CT molecular complexity index is 671. The number of hydrogen-bond donors (Lipinski definition) is 2. The predicted molar refractivity (Wildman–Crippen MR) is 87.5 cm³/mol. The van der Waals surface area contributed by atoms with Gasteiger partial charge in [0.05, 0.1) is 0 Å². The molecule has 2 aliphatic rings. The molecule has 2 fully saturated rings. The first-order valence-electron chi connectivity index (χ1n) is 7.75. The number of carbonyl (C=O) groups is 2. The van der Waals surface area contributed by atoms with Gasteiger partial charge in [-0.15, -0.1) is 0 Å². The van der Waals surface area contributed by atoms with Crippen LogP contribution in [0, 0.1) is 12.8 Å². The van der Waals surface area contributed by atoms with Gasteiger partial charge in [0.2, 0.25) is 5.91 Å². The van der Waals surface area contributed by atoms with Gasteiger partial charge in [-0.05, 0) is 30.8 Å². The third-order valence-corrected chi connectivity index (χ3v) is 5.52. The van der Waals surface area contributed by atoms with Gasteiger partial charge in [0.25, 0.3) is 11.5 Å². The second kappa shape index (κ2) is 6.74. The number of aromatic nitrogens is 2. The van der Waals surface area contributed by atoms with Crippen LogP contribution in [-0.4, -0.2) is 57.3 Å². The van der Waals surface area contributed by atoms with E-state index in [1.54, 1.807) is 11.8 Å². The molecule has 3 heterocycles. The molecule has 0 aromatic carbocycles. The molecule has 2 amide bonds. The zero-order valence-electron chi connectivity index (χ0n) is 13.0. The Balaban J connectivity index is 1.55. The van der Waals surface area contributed by atoms with Crippen LogP contribution >= 0.6 is 11.8 Å². The van der Waals surface area contributed by atoms with Crippen LogP contribution in [0.3, 0.4) is 0 Å². The summed E-state index contributed by atoms with van der Waals surface area (Å²) in [5.41, 5.74) is -0.173. The molecule has 0 saturated carbocycles. The third-order valence-electron chi connectivity index (χ3n) is 4.10. The molecule has 0 unspecified atom stereocenters. The lowest BCUT2D eigenvalue weighted by Crippen LogP contribution is -2.40. The summed E-state index contributed by atoms with van der Waals surface area (Å²) in [6.07, 6.45) is 1.31. The van der Waals surface area contributed by atoms with Gasteiger partial charge >= 0.3 is 0 Å². The monoisotopic (exact) mass is 336 g/mol. The molecule has 0 radical (unpaired) electrons. The minimum Gasteiger partial charge on any atom is -0.352 e. The summed E-state index contributed by atoms with van der Waals surface area (Å²) in [5, 5.41) is 3.01. The first-order chi connectivity index (χ1) is 11.0. The second-order valence-electron chi connectivity index (χ2n) is 6.13. The Kier molecular flexibility index (Phi) is 4.70. The average molecular weight is 336 g/mol. The first-order valence-corrected chi connectivity index (χ1v) is 8.91. The Morgan fingerprint density at radius 1 is 1.48 bits per heavy atom. The fourth-order valence-electron chi connectivity index (χ4n) is 2.86. The van der Waals surface area contributed by atoms with E-state index in [9.17, 15) is 14.4 Å². The molecule has 1 aromatic rings. The molecule has 0 bridgehead atoms. The number of likely N-dealkylation sites (tertiary alicyclic amines) is 1. The van der Waals surface area contributed by atoms with Crippen molar-refractivity contribution in [2.45, 2.75) is 25.8 Å². The quantitative estimate of drug-likeness (QED) is 0.817. The highest BCUT2D eigenvalue weighted by Crippen LogP contribution is 2.27. The van der Waals surface area contributed by atoms with Crippen molar-refractivity contribution in [2.24, 2.45) is 5.92 Å². The van der Waals surface area contributed by atoms with Crippen LogP contribution in [0.5, 0.6) is 0 Å². The van der Waals surface area contributed by atoms with E-state index in [-0.39, 0.29) is 29.1 Å². The molecule has 1 aromatic heterocycles. The summed E-state index contributed by atoms with van der Waals surface area (Å²) in [4.78, 5) is 44.1. The molecule has 2 N–H and O–H groups in total. The van der Waals surface area contributed by atoms with E-state index in [0.717, 1.165) is 17.9 Å². The van der Waals surface area contributed by atoms with E-state index in [2.05, 4.69) is 15.3 Å². The minimum absolute atomic E-state index is 0.0118. The standard InChI is InChI=1S/C15H20N4O3S/c1-9-16-12(5-14(21)17-9)15(22)19-3-2-11(6-19)18-13(20)4-10-7-23-8-10/h5,10-11H,2-4,6-8H2,1H3,(H,18,20)(H,16,17,21)/t11-/m1/s1. The van der Waals surface area contributed by atoms with Crippen molar-refractivity contribution in [3.05, 3.63) is 27.9 Å². The SMILES string of the molecule is Cc1nc(C(=O)N2CC[C@@H](NC(=O)CC3CSC3)C2)cc(=O)[nH]1. The predicted octanol–water partition coefficient (Wildman–Crippen LogP) is 0.162. The van der Waals surface area contributed by atoms with Crippen LogP contribution in [0.2, 0.25) is 0 Å². The number of aromatic amines is 1. The van der Waals surface area contributed by atoms with Gasteiger partial charge < -0.3 is 15.2 Å². The van der Waals surface area contributed by atoms with Gasteiger partial charge in [-0.2, -0.15) is 11.8 Å². The zero-order valence-corrected chi connectivity index (χ0v) is 13.8. The van der Waals surface area contributed by atoms with E-state index < -0.39 is 0 Å². The molecule has 0 aliphatic carbocycles. The van der Waals surface area contributed by atoms with Crippen molar-refractivity contribution in [1.29, 1.82) is 0 Å². The van der Waals surface area contributed by atoms with Gasteiger partial charge in [-0.25, -0.2) is 4.98 Å². The molecule has 2 aliphatic heterocycles. The van der Waals surface area contributed by atoms with Crippen molar-refractivity contribution < 1.29 is 9.59 Å². The lowest BCUT2D eigenvalue weighted by atomic mass is 10.1. The number of rotatable bonds is 4. The molecule has 1 atom stereocenters. The number of thioether (sulfide) groups is 1. The van der Waals surface area contributed by atoms with Gasteiger partial charge in [-0.1, -0.05) is 0 Å². The van der Waals surface area contributed by atoms with Crippen LogP contribution in [-0.2, 0) is 4.79 Å². The maximum absolute atomic E-state index is 12.4. The Hall–Kier alpha value is -1.83. The molecule has 3 rings (SSSR count). The summed E-state index contributed by atoms with van der Waals surface area (Å²) in [5.74, 6) is 2.86. The number of carbonyl (C=O) groups excluding carboxylic acids is 2. The fourth-order valence-corrected chi connectivity index (χ4v) is 3.67. The van der Waals surface area contributed by atoms with Crippen molar-refractivity contribution >= 4 is 23.6 Å². The summed E-state index contributed by atoms with van der Waals surface area (Å²) >= 11 is 1.87. The maximum atomic E-state index is 12.4. The molecule has 0 spiro atoms. The van der Waals surface area contributed by atoms with Gasteiger partial charge in [-0.3, -0.25) is 14.4 Å². The van der Waals surface area contributed by atoms with E-state index in [1.165, 1.54) is 6.07 Å². The van der Waals surface area contributed by atoms with E-state index in [0.29, 0.717) is 31.3 Å². The first kappa shape index (κ1) is 16.0. The number of amides is 2. The molecule has 23 heavy (non-hydrogen) atoms. The van der Waals surface area contributed by atoms with Gasteiger partial charge in [0.15, 0.2) is 0 Å². The van der Waals surface area contributed by atoms with Gasteiger partial charge in [0, 0.05) is 31.6 Å². The third kappa shape index (κ3) is 3.93. The summed E-state index contributed by atoms with van der Waals surface area (Å²) in [6.45, 7) is 2.68. The smallest absolute Gasteiger partial charge is 0.272 e. The molecule has 8 heteroatoms. The minimum atomic E-state index is -0.330. The maximum Gasteiger partial charge on any atom is 0.272 e. The Morgan fingerprint density at radius 3 is 2.91 bits per heavy atom. The number of nitrogens with zero attached hydrogens (tertiary/aromatic N) is 2. The molecular formula is C15H20N4O3S. The van der Waals surface area contributed by atoms with E-state index in [1.807, 2.05) is 11.8 Å². The van der Waals surface area contributed by atoms with Crippen LogP contribution in [0.15, 0.2) is 10.9 Å². The average Bonchev–Trinajstić information content (AvgIpc) is 2.89. The van der Waals surface area contributed by atoms with Crippen molar-refractivity contribution in [1.82, 2.24) is 20.2 Å². The topological polar surface area (TPSA) is 95.2 Å². The number of hydrogen-bond acceptors (Lipinski definition) is 5. The summed E-state index contributed by atoms with van der Waals surface area (Å²) < 4.78 is 0. The van der Waals surface area contributed by atoms with Crippen LogP contribution in [0.25, 0.3) is 0 Å². The highest BCUT2D eigenvalue weighted by Gasteiger charge is 2.30. The van der Waals surface area contributed by atoms with Crippen LogP contribution in [0.1, 0.15) is 29.2 Å². The zero-order chi connectivity index (χ0) is 16.4. The fraction of sp³-hybridized carbons (Fsp3) is 0.600. The lowest BCUT2D eigenvalue weighted by molar-refractivity contribution is -0.122. The normalized spacial score (nSPS) is 21.1. The molecule has 7 nitrogen and oxygen atoms in total. The Morgan fingerprint density at radius 2 is 2.26 bits per heavy atom. The van der Waals surface area contributed by atoms with Crippen molar-refractivity contribution in [2.75, 3.05) is 24.6 Å². The highest BCUT2D eigenvalue weighted by molar-refractivity contribution is 8.00. The summed E-state index contributed by atoms with van der Waals surface area (Å²) in [7, 11) is 0. The molecule has 124 valence electrons. The number of aryl methyl sites for hydroxylation is 1. The number of H-pyrrole nitrogens is 1. The largest absolute Gasteiger partial charge is 0.352 e. The van der Waals surface area contributed by atoms with E-state index >= 15 is 0 Å². The summed E-state index contributed by atoms with van der Waals surface area (Å²) in [6, 6.07) is 1.21. The number of nitrogens with one attached hydrogen (secondary N) is 2. The lowest BCUT2D eigenvalue weighted by Gasteiger charge is -2.24. The van der Waals surface area contributed by atoms with Crippen LogP contribution < -0.4 is 10.9 Å². The second-order valence-corrected chi connectivity index (χ2v) is 7.20. The molecular weight excluding hydrogens is 316 g/mol. The highest BCUT2D eigenvalue weighted by atomic mass is 32.2.